The molecule has 0 rings (SSSR count). The van der Waals surface area contributed by atoms with Crippen LogP contribution in [-0.4, -0.2) is 109 Å². The fourth-order valence-electron chi connectivity index (χ4n) is 0. The van der Waals surface area contributed by atoms with Crippen LogP contribution >= 0.6 is 0 Å². The van der Waals surface area contributed by atoms with Crippen LogP contribution in [0.25, 0.3) is 0 Å². The van der Waals surface area contributed by atoms with E-state index in [-0.39, 0.29) is 126 Å². The topological polar surface area (TPSA) is 0 Å². The van der Waals surface area contributed by atoms with Crippen LogP contribution in [0.2, 0.25) is 0 Å². The minimum absolute atomic E-state index is 0. The van der Waals surface area contributed by atoms with Gasteiger partial charge in [0, 0.05) is 17.1 Å². The SMILES string of the molecule is [BiH3].[CaH2].[Cu].[SrH2]. The Kier molecular flexibility index (Phi) is 95.0. The van der Waals surface area contributed by atoms with Crippen molar-refractivity contribution in [2.75, 3.05) is 0 Å². The zero-order chi connectivity index (χ0) is 0. The van der Waals surface area contributed by atoms with Gasteiger partial charge in [-0.3, -0.25) is 0 Å². The first-order valence-corrected chi connectivity index (χ1v) is 0. The molecular weight excluding hydrogens is 400 g/mol. The summed E-state index contributed by atoms with van der Waals surface area (Å²) in [6, 6.07) is 0. The molecule has 0 unspecified atom stereocenters. The maximum atomic E-state index is 0. The molecule has 4 heavy (non-hydrogen) atoms. The Morgan fingerprint density at radius 2 is 1.00 bits per heavy atom. The molecule has 0 amide bonds. The van der Waals surface area contributed by atoms with Gasteiger partial charge in [0.15, 0.2) is 0 Å². The van der Waals surface area contributed by atoms with Gasteiger partial charge in [-0.25, -0.2) is 0 Å². The van der Waals surface area contributed by atoms with Gasteiger partial charge in [-0.05, 0) is 0 Å². The maximum absolute atomic E-state index is 0. The molecule has 0 aromatic rings. The quantitative estimate of drug-likeness (QED) is 0.376. The molecule has 27 valence electrons. The van der Waals surface area contributed by atoms with Gasteiger partial charge in [0.2, 0.25) is 0 Å². The molecule has 0 fully saturated rings. The van der Waals surface area contributed by atoms with Gasteiger partial charge in [0.05, 0.1) is 0 Å². The first-order chi connectivity index (χ1) is 0. The summed E-state index contributed by atoms with van der Waals surface area (Å²) >= 11 is 0. The predicted octanol–water partition coefficient (Wildman–Crippen LogP) is -3.02. The molecule has 0 nitrogen and oxygen atoms in total. The van der Waals surface area contributed by atoms with Gasteiger partial charge < -0.3 is 0 Å². The Labute approximate surface area is 123 Å². The molecule has 0 saturated carbocycles. The van der Waals surface area contributed by atoms with Crippen LogP contribution in [0.5, 0.6) is 0 Å². The summed E-state index contributed by atoms with van der Waals surface area (Å²) in [5.41, 5.74) is 0. The Balaban J connectivity index is 0. The summed E-state index contributed by atoms with van der Waals surface area (Å²) in [6.45, 7) is 0. The Morgan fingerprint density at radius 1 is 1.00 bits per heavy atom. The van der Waals surface area contributed by atoms with E-state index in [0.29, 0.717) is 0 Å². The summed E-state index contributed by atoms with van der Waals surface area (Å²) < 4.78 is 0. The van der Waals surface area contributed by atoms with E-state index in [0.717, 1.165) is 0 Å². The van der Waals surface area contributed by atoms with Crippen LogP contribution in [0.4, 0.5) is 0 Å². The standard InChI is InChI=1S/Bi.Ca.Cu.Sr.7H. The zero-order valence-electron chi connectivity index (χ0n) is 1.01. The van der Waals surface area contributed by atoms with Gasteiger partial charge in [-0.2, -0.15) is 0 Å². The van der Waals surface area contributed by atoms with Crippen molar-refractivity contribution in [2.45, 2.75) is 0 Å². The second-order valence-corrected chi connectivity index (χ2v) is 0. The fraction of sp³-hybridized carbons (Fsp3) is 0. The van der Waals surface area contributed by atoms with Crippen molar-refractivity contribution < 1.29 is 17.1 Å². The third-order valence-corrected chi connectivity index (χ3v) is 0. The van der Waals surface area contributed by atoms with Crippen LogP contribution in [0.3, 0.4) is 0 Å². The molecular formula is H7BiCaCuSr. The molecule has 0 aliphatic carbocycles. The Morgan fingerprint density at radius 3 is 1.00 bits per heavy atom. The first-order valence-electron chi connectivity index (χ1n) is 0. The molecule has 0 aliphatic rings. The molecule has 0 saturated heterocycles. The van der Waals surface area contributed by atoms with E-state index < -0.39 is 0 Å². The van der Waals surface area contributed by atoms with Crippen molar-refractivity contribution >= 4 is 109 Å². The molecule has 0 aromatic heterocycles. The molecule has 0 N–H and O–H groups in total. The van der Waals surface area contributed by atoms with E-state index in [9.17, 15) is 0 Å². The molecule has 0 aliphatic heterocycles. The number of hydrogen-bond donors (Lipinski definition) is 0. The molecule has 0 heterocycles. The summed E-state index contributed by atoms with van der Waals surface area (Å²) in [7, 11) is 0. The van der Waals surface area contributed by atoms with Crippen LogP contribution < -0.4 is 0 Å². The first kappa shape index (κ1) is 24.2. The van der Waals surface area contributed by atoms with E-state index in [1.807, 2.05) is 0 Å². The van der Waals surface area contributed by atoms with E-state index in [1.54, 1.807) is 0 Å². The van der Waals surface area contributed by atoms with E-state index in [1.165, 1.54) is 0 Å². The summed E-state index contributed by atoms with van der Waals surface area (Å²) in [6.07, 6.45) is 0. The fourth-order valence-corrected chi connectivity index (χ4v) is 0. The average molecular weight is 407 g/mol. The average Bonchev–Trinajstić information content (AvgIpc) is 0. The summed E-state index contributed by atoms with van der Waals surface area (Å²) in [5, 5.41) is 0. The van der Waals surface area contributed by atoms with Crippen molar-refractivity contribution in [1.82, 2.24) is 0 Å². The molecule has 4 heteroatoms. The van der Waals surface area contributed by atoms with Gasteiger partial charge in [0.1, 0.15) is 0 Å². The zero-order valence-corrected chi connectivity index (χ0v) is 7.45. The molecule has 1 radical (unpaired) electrons. The molecule has 0 spiro atoms. The van der Waals surface area contributed by atoms with Crippen molar-refractivity contribution in [1.29, 1.82) is 0 Å². The molecule has 0 aromatic carbocycles. The van der Waals surface area contributed by atoms with Crippen molar-refractivity contribution in [2.24, 2.45) is 0 Å². The van der Waals surface area contributed by atoms with Gasteiger partial charge in [-0.15, -0.1) is 0 Å². The number of rotatable bonds is 0. The van der Waals surface area contributed by atoms with E-state index in [4.69, 9.17) is 0 Å². The van der Waals surface area contributed by atoms with E-state index >= 15 is 0 Å². The van der Waals surface area contributed by atoms with Crippen molar-refractivity contribution in [3.63, 3.8) is 0 Å². The molecule has 0 bridgehead atoms. The molecule has 0 atom stereocenters. The van der Waals surface area contributed by atoms with Crippen molar-refractivity contribution in [3.8, 4) is 0 Å². The minimum atomic E-state index is 0. The second kappa shape index (κ2) is 15.7. The van der Waals surface area contributed by atoms with Crippen LogP contribution in [0.1, 0.15) is 0 Å². The van der Waals surface area contributed by atoms with E-state index in [2.05, 4.69) is 0 Å². The monoisotopic (exact) mass is 407 g/mol. The summed E-state index contributed by atoms with van der Waals surface area (Å²) in [5.74, 6) is 0. The number of hydrogen-bond acceptors (Lipinski definition) is 0. The van der Waals surface area contributed by atoms with Crippen LogP contribution in [0.15, 0.2) is 0 Å². The van der Waals surface area contributed by atoms with Gasteiger partial charge in [0.25, 0.3) is 0 Å². The van der Waals surface area contributed by atoms with Crippen LogP contribution in [-0.2, 0) is 17.1 Å². The third kappa shape index (κ3) is 9.47. The predicted molar refractivity (Wildman–Crippen MR) is 27.0 cm³/mol. The Hall–Kier alpha value is 4.14. The summed E-state index contributed by atoms with van der Waals surface area (Å²) in [4.78, 5) is 0. The van der Waals surface area contributed by atoms with Crippen molar-refractivity contribution in [3.05, 3.63) is 0 Å². The van der Waals surface area contributed by atoms with Gasteiger partial charge >= 0.3 is 109 Å². The normalized spacial score (nSPS) is 0. The van der Waals surface area contributed by atoms with Gasteiger partial charge in [-0.1, -0.05) is 0 Å². The van der Waals surface area contributed by atoms with Crippen LogP contribution in [0, 0.1) is 0 Å². The second-order valence-electron chi connectivity index (χ2n) is 0. The third-order valence-electron chi connectivity index (χ3n) is 0. The Bertz CT molecular complexity index is 8.00.